The van der Waals surface area contributed by atoms with Gasteiger partial charge in [0.2, 0.25) is 5.91 Å². The van der Waals surface area contributed by atoms with Crippen LogP contribution in [-0.2, 0) is 22.6 Å². The van der Waals surface area contributed by atoms with E-state index in [9.17, 15) is 9.59 Å². The van der Waals surface area contributed by atoms with Crippen LogP contribution in [-0.4, -0.2) is 58.7 Å². The molecule has 2 aliphatic heterocycles. The molecule has 1 saturated heterocycles. The molecule has 3 aliphatic rings. The Labute approximate surface area is 226 Å². The molecular formula is C27H31Cl2N3O3S. The minimum absolute atomic E-state index is 0.153. The number of anilines is 2. The van der Waals surface area contributed by atoms with Gasteiger partial charge in [0.25, 0.3) is 0 Å². The van der Waals surface area contributed by atoms with Gasteiger partial charge in [-0.1, -0.05) is 35.3 Å². The molecule has 0 radical (unpaired) electrons. The van der Waals surface area contributed by atoms with Crippen molar-refractivity contribution in [1.29, 1.82) is 0 Å². The number of carbonyl (C=O) groups excluding carboxylic acids is 1. The monoisotopic (exact) mass is 547 g/mol. The van der Waals surface area contributed by atoms with Gasteiger partial charge in [0.15, 0.2) is 0 Å². The van der Waals surface area contributed by atoms with Crippen LogP contribution in [0.2, 0.25) is 10.0 Å². The van der Waals surface area contributed by atoms with Gasteiger partial charge in [-0.3, -0.25) is 14.5 Å². The number of aryl methyl sites for hydroxylation is 1. The van der Waals surface area contributed by atoms with Crippen molar-refractivity contribution >= 4 is 58.2 Å². The number of carboxylic acid groups (broad SMARTS) is 1. The van der Waals surface area contributed by atoms with Gasteiger partial charge in [-0.2, -0.15) is 0 Å². The zero-order valence-electron chi connectivity index (χ0n) is 20.2. The molecule has 2 aromatic rings. The van der Waals surface area contributed by atoms with Crippen molar-refractivity contribution in [1.82, 2.24) is 4.90 Å². The number of para-hydroxylation sites is 2. The molecule has 9 heteroatoms. The molecule has 36 heavy (non-hydrogen) atoms. The van der Waals surface area contributed by atoms with Crippen molar-refractivity contribution in [3.05, 3.63) is 57.6 Å². The van der Waals surface area contributed by atoms with Crippen molar-refractivity contribution < 1.29 is 14.7 Å². The minimum Gasteiger partial charge on any atom is -0.481 e. The summed E-state index contributed by atoms with van der Waals surface area (Å²) in [6.07, 6.45) is 4.68. The summed E-state index contributed by atoms with van der Waals surface area (Å²) in [6.45, 7) is 2.15. The molecule has 1 atom stereocenters. The van der Waals surface area contributed by atoms with Crippen molar-refractivity contribution in [2.75, 3.05) is 34.5 Å². The average molecular weight is 549 g/mol. The zero-order chi connectivity index (χ0) is 25.2. The molecule has 6 nitrogen and oxygen atoms in total. The van der Waals surface area contributed by atoms with Gasteiger partial charge in [-0.05, 0) is 67.5 Å². The SMILES string of the molecule is O=C(O)CCCCc1cc(Cl)c(CN2CSC[C@H]2C(=O)N2CCN(C3CC3)c3ccccc32)cc1Cl. The molecule has 2 fully saturated rings. The highest BCUT2D eigenvalue weighted by atomic mass is 35.5. The van der Waals surface area contributed by atoms with Crippen LogP contribution in [0.3, 0.4) is 0 Å². The highest BCUT2D eigenvalue weighted by Crippen LogP contribution is 2.41. The van der Waals surface area contributed by atoms with Crippen LogP contribution in [0.15, 0.2) is 36.4 Å². The van der Waals surface area contributed by atoms with Gasteiger partial charge >= 0.3 is 5.97 Å². The lowest BCUT2D eigenvalue weighted by Crippen LogP contribution is -2.52. The van der Waals surface area contributed by atoms with Gasteiger partial charge in [0.1, 0.15) is 0 Å². The lowest BCUT2D eigenvalue weighted by Gasteiger charge is -2.39. The normalized spacial score (nSPS) is 20.0. The second-order valence-electron chi connectivity index (χ2n) is 9.80. The number of halogens is 2. The number of aliphatic carboxylic acids is 1. The van der Waals surface area contributed by atoms with Gasteiger partial charge in [-0.15, -0.1) is 11.8 Å². The summed E-state index contributed by atoms with van der Waals surface area (Å²) in [6, 6.07) is 12.5. The summed E-state index contributed by atoms with van der Waals surface area (Å²) in [5, 5.41) is 10.1. The van der Waals surface area contributed by atoms with E-state index < -0.39 is 5.97 Å². The maximum Gasteiger partial charge on any atom is 0.303 e. The van der Waals surface area contributed by atoms with Crippen LogP contribution in [0.5, 0.6) is 0 Å². The summed E-state index contributed by atoms with van der Waals surface area (Å²) in [7, 11) is 0. The summed E-state index contributed by atoms with van der Waals surface area (Å²) in [5.74, 6) is 0.900. The van der Waals surface area contributed by atoms with E-state index in [0.29, 0.717) is 42.0 Å². The number of unbranched alkanes of at least 4 members (excludes halogenated alkanes) is 1. The molecule has 1 saturated carbocycles. The quantitative estimate of drug-likeness (QED) is 0.407. The number of carbonyl (C=O) groups is 2. The van der Waals surface area contributed by atoms with E-state index in [0.717, 1.165) is 41.4 Å². The first-order valence-electron chi connectivity index (χ1n) is 12.6. The van der Waals surface area contributed by atoms with Crippen LogP contribution < -0.4 is 9.80 Å². The first-order valence-corrected chi connectivity index (χ1v) is 14.5. The van der Waals surface area contributed by atoms with Gasteiger partial charge in [0.05, 0.1) is 17.4 Å². The molecule has 0 unspecified atom stereocenters. The minimum atomic E-state index is -0.782. The summed E-state index contributed by atoms with van der Waals surface area (Å²) < 4.78 is 0. The Morgan fingerprint density at radius 3 is 2.47 bits per heavy atom. The molecule has 0 spiro atoms. The third-order valence-corrected chi connectivity index (χ3v) is 9.00. The van der Waals surface area contributed by atoms with Crippen molar-refractivity contribution in [3.8, 4) is 0 Å². The van der Waals surface area contributed by atoms with Crippen molar-refractivity contribution in [3.63, 3.8) is 0 Å². The third kappa shape index (κ3) is 5.64. The Kier molecular flexibility index (Phi) is 8.01. The average Bonchev–Trinajstić information content (AvgIpc) is 3.61. The Balaban J connectivity index is 1.27. The van der Waals surface area contributed by atoms with E-state index in [1.54, 1.807) is 11.8 Å². The lowest BCUT2D eigenvalue weighted by atomic mass is 10.0. The predicted molar refractivity (Wildman–Crippen MR) is 147 cm³/mol. The van der Waals surface area contributed by atoms with Gasteiger partial charge < -0.3 is 14.9 Å². The second-order valence-corrected chi connectivity index (χ2v) is 11.6. The van der Waals surface area contributed by atoms with Gasteiger partial charge in [0, 0.05) is 53.8 Å². The second kappa shape index (κ2) is 11.2. The molecule has 0 bridgehead atoms. The van der Waals surface area contributed by atoms with Crippen LogP contribution in [0, 0.1) is 0 Å². The molecule has 1 N–H and O–H groups in total. The summed E-state index contributed by atoms with van der Waals surface area (Å²) in [4.78, 5) is 31.2. The van der Waals surface area contributed by atoms with E-state index >= 15 is 0 Å². The Bertz CT molecular complexity index is 1140. The van der Waals surface area contributed by atoms with E-state index in [4.69, 9.17) is 28.3 Å². The van der Waals surface area contributed by atoms with Gasteiger partial charge in [-0.25, -0.2) is 0 Å². The highest BCUT2D eigenvalue weighted by Gasteiger charge is 2.39. The predicted octanol–water partition coefficient (Wildman–Crippen LogP) is 5.68. The number of hydrogen-bond acceptors (Lipinski definition) is 5. The smallest absolute Gasteiger partial charge is 0.303 e. The van der Waals surface area contributed by atoms with Crippen LogP contribution >= 0.6 is 35.0 Å². The standard InChI is InChI=1S/C27H31Cl2N3O3S/c28-21-14-19(22(29)13-18(21)5-1-4-8-26(33)34)15-30-17-36-16-25(30)27(35)32-12-11-31(20-9-10-20)23-6-2-3-7-24(23)32/h2-3,6-7,13-14,20,25H,1,4-5,8-12,15-17H2,(H,33,34)/t25-/m0/s1. The van der Waals surface area contributed by atoms with Crippen molar-refractivity contribution in [2.24, 2.45) is 0 Å². The number of carboxylic acids is 1. The molecule has 5 rings (SSSR count). The van der Waals surface area contributed by atoms with Crippen LogP contribution in [0.1, 0.15) is 43.2 Å². The zero-order valence-corrected chi connectivity index (χ0v) is 22.5. The largest absolute Gasteiger partial charge is 0.481 e. The third-order valence-electron chi connectivity index (χ3n) is 7.23. The number of rotatable bonds is 9. The highest BCUT2D eigenvalue weighted by molar-refractivity contribution is 7.99. The fourth-order valence-corrected chi connectivity index (χ4v) is 6.89. The van der Waals surface area contributed by atoms with Crippen LogP contribution in [0.25, 0.3) is 0 Å². The molecule has 2 heterocycles. The summed E-state index contributed by atoms with van der Waals surface area (Å²) >= 11 is 15.0. The number of hydrogen-bond donors (Lipinski definition) is 1. The Morgan fingerprint density at radius 2 is 1.72 bits per heavy atom. The van der Waals surface area contributed by atoms with E-state index in [-0.39, 0.29) is 18.4 Å². The van der Waals surface area contributed by atoms with E-state index in [1.807, 2.05) is 23.1 Å². The Hall–Kier alpha value is -1.93. The fraction of sp³-hybridized carbons (Fsp3) is 0.481. The maximum atomic E-state index is 13.8. The Morgan fingerprint density at radius 1 is 1.00 bits per heavy atom. The molecule has 2 aromatic carbocycles. The summed E-state index contributed by atoms with van der Waals surface area (Å²) in [5.41, 5.74) is 4.04. The topological polar surface area (TPSA) is 64.1 Å². The lowest BCUT2D eigenvalue weighted by molar-refractivity contribution is -0.137. The number of nitrogens with zero attached hydrogens (tertiary/aromatic N) is 3. The first-order chi connectivity index (χ1) is 17.4. The van der Waals surface area contributed by atoms with E-state index in [2.05, 4.69) is 28.0 Å². The van der Waals surface area contributed by atoms with Crippen LogP contribution in [0.4, 0.5) is 11.4 Å². The fourth-order valence-electron chi connectivity index (χ4n) is 5.17. The number of thioether (sulfide) groups is 1. The number of fused-ring (bicyclic) bond motifs is 1. The number of amides is 1. The maximum absolute atomic E-state index is 13.8. The molecule has 0 aromatic heterocycles. The van der Waals surface area contributed by atoms with E-state index in [1.165, 1.54) is 18.5 Å². The molecular weight excluding hydrogens is 517 g/mol. The molecule has 1 aliphatic carbocycles. The first kappa shape index (κ1) is 25.7. The number of benzene rings is 2. The molecule has 1 amide bonds. The van der Waals surface area contributed by atoms with Crippen molar-refractivity contribution in [2.45, 2.75) is 57.2 Å². The molecule has 192 valence electrons.